The molecule has 0 atom stereocenters. The molecule has 0 saturated carbocycles. The van der Waals surface area contributed by atoms with Crippen molar-refractivity contribution in [1.29, 1.82) is 0 Å². The maximum absolute atomic E-state index is 12.9. The fraction of sp³-hybridized carbons (Fsp3) is 0.200. The summed E-state index contributed by atoms with van der Waals surface area (Å²) in [7, 11) is 0. The summed E-state index contributed by atoms with van der Waals surface area (Å²) >= 11 is 0. The number of rotatable bonds is 7. The van der Waals surface area contributed by atoms with Gasteiger partial charge in [0.15, 0.2) is 6.61 Å². The van der Waals surface area contributed by atoms with Gasteiger partial charge in [-0.3, -0.25) is 4.79 Å². The number of ether oxygens (including phenoxy) is 2. The molecule has 0 aromatic heterocycles. The number of alkyl halides is 3. The molecule has 0 aliphatic carbocycles. The maximum Gasteiger partial charge on any atom is 0.419 e. The van der Waals surface area contributed by atoms with Gasteiger partial charge in [0, 0.05) is 11.8 Å². The molecule has 1 N–H and O–H groups in total. The van der Waals surface area contributed by atoms with Crippen molar-refractivity contribution in [2.24, 2.45) is 0 Å². The molecule has 8 heteroatoms. The lowest BCUT2D eigenvalue weighted by Crippen LogP contribution is -2.21. The summed E-state index contributed by atoms with van der Waals surface area (Å²) in [5.74, 6) is -1.48. The van der Waals surface area contributed by atoms with Gasteiger partial charge in [-0.05, 0) is 42.8 Å². The molecule has 0 heterocycles. The second kappa shape index (κ2) is 9.59. The summed E-state index contributed by atoms with van der Waals surface area (Å²) in [6.07, 6.45) is -1.73. The summed E-state index contributed by atoms with van der Waals surface area (Å²) in [5, 5.41) is 2.52. The van der Waals surface area contributed by atoms with Gasteiger partial charge in [0.05, 0.1) is 12.2 Å². The molecule has 28 heavy (non-hydrogen) atoms. The second-order valence-electron chi connectivity index (χ2n) is 5.54. The normalized spacial score (nSPS) is 11.3. The predicted molar refractivity (Wildman–Crippen MR) is 97.7 cm³/mol. The van der Waals surface area contributed by atoms with E-state index in [0.717, 1.165) is 12.1 Å². The molecular weight excluding hydrogens is 375 g/mol. The third kappa shape index (κ3) is 6.46. The fourth-order valence-corrected chi connectivity index (χ4v) is 2.20. The van der Waals surface area contributed by atoms with Crippen LogP contribution in [0.4, 0.5) is 18.9 Å². The number of halogens is 3. The topological polar surface area (TPSA) is 64.6 Å². The summed E-state index contributed by atoms with van der Waals surface area (Å²) in [6.45, 7) is 1.41. The predicted octanol–water partition coefficient (Wildman–Crippen LogP) is 4.30. The van der Waals surface area contributed by atoms with Gasteiger partial charge < -0.3 is 14.8 Å². The standard InChI is InChI=1S/C20H18F3NO4/c1-2-27-19(26)12-9-14-7-10-15(11-8-14)24-18(25)13-28-17-6-4-3-5-16(17)20(21,22)23/h3-12H,2,13H2,1H3,(H,24,25)/b12-9+. The van der Waals surface area contributed by atoms with Gasteiger partial charge in [0.1, 0.15) is 5.75 Å². The molecule has 0 saturated heterocycles. The van der Waals surface area contributed by atoms with Gasteiger partial charge in [-0.25, -0.2) is 4.79 Å². The van der Waals surface area contributed by atoms with Crippen LogP contribution in [0.5, 0.6) is 5.75 Å². The molecule has 2 aromatic rings. The quantitative estimate of drug-likeness (QED) is 0.563. The van der Waals surface area contributed by atoms with Crippen LogP contribution in [-0.4, -0.2) is 25.1 Å². The van der Waals surface area contributed by atoms with Crippen LogP contribution >= 0.6 is 0 Å². The first-order valence-corrected chi connectivity index (χ1v) is 8.33. The van der Waals surface area contributed by atoms with Crippen LogP contribution in [0.15, 0.2) is 54.6 Å². The lowest BCUT2D eigenvalue weighted by Gasteiger charge is -2.13. The highest BCUT2D eigenvalue weighted by atomic mass is 19.4. The Morgan fingerprint density at radius 1 is 1.07 bits per heavy atom. The molecular formula is C20H18F3NO4. The van der Waals surface area contributed by atoms with E-state index in [9.17, 15) is 22.8 Å². The Balaban J connectivity index is 1.91. The average Bonchev–Trinajstić information content (AvgIpc) is 2.65. The fourth-order valence-electron chi connectivity index (χ4n) is 2.20. The average molecular weight is 393 g/mol. The van der Waals surface area contributed by atoms with Crippen molar-refractivity contribution < 1.29 is 32.2 Å². The van der Waals surface area contributed by atoms with Crippen LogP contribution in [-0.2, 0) is 20.5 Å². The Labute approximate surface area is 159 Å². The molecule has 2 aromatic carbocycles. The van der Waals surface area contributed by atoms with Crippen LogP contribution in [0.3, 0.4) is 0 Å². The van der Waals surface area contributed by atoms with Gasteiger partial charge >= 0.3 is 12.1 Å². The van der Waals surface area contributed by atoms with Crippen molar-refractivity contribution in [3.63, 3.8) is 0 Å². The molecule has 0 aliphatic heterocycles. The Morgan fingerprint density at radius 2 is 1.75 bits per heavy atom. The third-order valence-corrected chi connectivity index (χ3v) is 3.44. The van der Waals surface area contributed by atoms with Gasteiger partial charge in [0.2, 0.25) is 0 Å². The molecule has 2 rings (SSSR count). The summed E-state index contributed by atoms with van der Waals surface area (Å²) in [5.41, 5.74) is 0.202. The Kier molecular flexibility index (Phi) is 7.20. The minimum absolute atomic E-state index is 0.281. The third-order valence-electron chi connectivity index (χ3n) is 3.44. The van der Waals surface area contributed by atoms with Crippen molar-refractivity contribution in [2.75, 3.05) is 18.5 Å². The minimum Gasteiger partial charge on any atom is -0.483 e. The van der Waals surface area contributed by atoms with Crippen LogP contribution in [0.25, 0.3) is 6.08 Å². The first-order chi connectivity index (χ1) is 13.3. The Morgan fingerprint density at radius 3 is 2.39 bits per heavy atom. The highest BCUT2D eigenvalue weighted by Crippen LogP contribution is 2.35. The maximum atomic E-state index is 12.9. The van der Waals surface area contributed by atoms with Gasteiger partial charge in [-0.1, -0.05) is 24.3 Å². The molecule has 0 bridgehead atoms. The van der Waals surface area contributed by atoms with E-state index >= 15 is 0 Å². The molecule has 0 aliphatic rings. The number of esters is 1. The Bertz CT molecular complexity index is 845. The van der Waals surface area contributed by atoms with Crippen molar-refractivity contribution in [2.45, 2.75) is 13.1 Å². The first-order valence-electron chi connectivity index (χ1n) is 8.33. The van der Waals surface area contributed by atoms with E-state index in [2.05, 4.69) is 5.32 Å². The molecule has 0 unspecified atom stereocenters. The number of hydrogen-bond donors (Lipinski definition) is 1. The zero-order chi connectivity index (χ0) is 20.6. The number of hydrogen-bond acceptors (Lipinski definition) is 4. The van der Waals surface area contributed by atoms with E-state index in [1.165, 1.54) is 18.2 Å². The SMILES string of the molecule is CCOC(=O)/C=C/c1ccc(NC(=O)COc2ccccc2C(F)(F)F)cc1. The number of anilines is 1. The lowest BCUT2D eigenvalue weighted by molar-refractivity contribution is -0.139. The van der Waals surface area contributed by atoms with Gasteiger partial charge in [0.25, 0.3) is 5.91 Å². The van der Waals surface area contributed by atoms with E-state index in [0.29, 0.717) is 11.3 Å². The number of carbonyl (C=O) groups is 2. The van der Waals surface area contributed by atoms with Crippen LogP contribution in [0.2, 0.25) is 0 Å². The molecule has 1 amide bonds. The highest BCUT2D eigenvalue weighted by Gasteiger charge is 2.34. The number of carbonyl (C=O) groups excluding carboxylic acids is 2. The largest absolute Gasteiger partial charge is 0.483 e. The van der Waals surface area contributed by atoms with Crippen molar-refractivity contribution >= 4 is 23.6 Å². The molecule has 148 valence electrons. The minimum atomic E-state index is -4.57. The van der Waals surface area contributed by atoms with Crippen LogP contribution in [0.1, 0.15) is 18.1 Å². The number of nitrogens with one attached hydrogen (secondary N) is 1. The molecule has 0 fully saturated rings. The van der Waals surface area contributed by atoms with E-state index in [1.807, 2.05) is 0 Å². The highest BCUT2D eigenvalue weighted by molar-refractivity contribution is 5.92. The lowest BCUT2D eigenvalue weighted by atomic mass is 10.2. The van der Waals surface area contributed by atoms with E-state index < -0.39 is 36.0 Å². The monoisotopic (exact) mass is 393 g/mol. The summed E-state index contributed by atoms with van der Waals surface area (Å²) < 4.78 is 48.5. The van der Waals surface area contributed by atoms with E-state index in [-0.39, 0.29) is 6.61 Å². The van der Waals surface area contributed by atoms with Crippen molar-refractivity contribution in [3.05, 3.63) is 65.7 Å². The molecule has 0 spiro atoms. The molecule has 5 nitrogen and oxygen atoms in total. The summed E-state index contributed by atoms with van der Waals surface area (Å²) in [6, 6.07) is 11.2. The van der Waals surface area contributed by atoms with Gasteiger partial charge in [-0.2, -0.15) is 13.2 Å². The number of para-hydroxylation sites is 1. The van der Waals surface area contributed by atoms with Crippen LogP contribution in [0, 0.1) is 0 Å². The van der Waals surface area contributed by atoms with Crippen molar-refractivity contribution in [3.8, 4) is 5.75 Å². The number of benzene rings is 2. The summed E-state index contributed by atoms with van der Waals surface area (Å²) in [4.78, 5) is 23.2. The zero-order valence-electron chi connectivity index (χ0n) is 15.0. The number of amides is 1. The van der Waals surface area contributed by atoms with Crippen LogP contribution < -0.4 is 10.1 Å². The van der Waals surface area contributed by atoms with Gasteiger partial charge in [-0.15, -0.1) is 0 Å². The Hall–Kier alpha value is -3.29. The van der Waals surface area contributed by atoms with Crippen molar-refractivity contribution in [1.82, 2.24) is 0 Å². The smallest absolute Gasteiger partial charge is 0.419 e. The van der Waals surface area contributed by atoms with E-state index in [4.69, 9.17) is 9.47 Å². The van der Waals surface area contributed by atoms with E-state index in [1.54, 1.807) is 37.3 Å². The first kappa shape index (κ1) is 21.0. The molecule has 0 radical (unpaired) electrons. The zero-order valence-corrected chi connectivity index (χ0v) is 15.0. The second-order valence-corrected chi connectivity index (χ2v) is 5.54.